The second-order valence-electron chi connectivity index (χ2n) is 4.96. The van der Waals surface area contributed by atoms with Crippen LogP contribution in [0.1, 0.15) is 36.6 Å². The van der Waals surface area contributed by atoms with Crippen LogP contribution in [0.3, 0.4) is 0 Å². The van der Waals surface area contributed by atoms with Crippen LogP contribution in [0.15, 0.2) is 36.5 Å². The number of aromatic nitrogens is 2. The van der Waals surface area contributed by atoms with Crippen molar-refractivity contribution in [3.05, 3.63) is 53.3 Å². The third-order valence-corrected chi connectivity index (χ3v) is 2.97. The third kappa shape index (κ3) is 3.20. The Bertz CT molecular complexity index is 486. The van der Waals surface area contributed by atoms with Crippen molar-refractivity contribution in [3.63, 3.8) is 0 Å². The van der Waals surface area contributed by atoms with Crippen molar-refractivity contribution in [2.24, 2.45) is 7.05 Å². The van der Waals surface area contributed by atoms with Gasteiger partial charge in [-0.05, 0) is 11.5 Å². The van der Waals surface area contributed by atoms with E-state index in [-0.39, 0.29) is 0 Å². The second kappa shape index (κ2) is 5.83. The Labute approximate surface area is 109 Å². The molecule has 0 fully saturated rings. The summed E-state index contributed by atoms with van der Waals surface area (Å²) in [5, 5.41) is 7.99. The van der Waals surface area contributed by atoms with Gasteiger partial charge in [0.25, 0.3) is 0 Å². The van der Waals surface area contributed by atoms with Gasteiger partial charge in [0.1, 0.15) is 0 Å². The first-order valence-corrected chi connectivity index (χ1v) is 6.44. The SMILES string of the molecule is CC(C)c1nn(C)cc1CNCc1ccccc1. The predicted octanol–water partition coefficient (Wildman–Crippen LogP) is 2.83. The van der Waals surface area contributed by atoms with Crippen LogP contribution in [0.2, 0.25) is 0 Å². The Kier molecular flexibility index (Phi) is 4.15. The lowest BCUT2D eigenvalue weighted by Crippen LogP contribution is -2.13. The van der Waals surface area contributed by atoms with Crippen LogP contribution in [0.25, 0.3) is 0 Å². The third-order valence-electron chi connectivity index (χ3n) is 2.97. The van der Waals surface area contributed by atoms with Crippen molar-refractivity contribution in [2.75, 3.05) is 0 Å². The molecule has 3 heteroatoms. The zero-order chi connectivity index (χ0) is 13.0. The molecular weight excluding hydrogens is 222 g/mol. The van der Waals surface area contributed by atoms with E-state index >= 15 is 0 Å². The van der Waals surface area contributed by atoms with Crippen LogP contribution in [0, 0.1) is 0 Å². The lowest BCUT2D eigenvalue weighted by Gasteiger charge is -2.07. The fourth-order valence-corrected chi connectivity index (χ4v) is 2.11. The highest BCUT2D eigenvalue weighted by molar-refractivity contribution is 5.20. The zero-order valence-electron chi connectivity index (χ0n) is 11.4. The Morgan fingerprint density at radius 1 is 1.17 bits per heavy atom. The van der Waals surface area contributed by atoms with Gasteiger partial charge in [-0.25, -0.2) is 0 Å². The van der Waals surface area contributed by atoms with Crippen LogP contribution in [0.5, 0.6) is 0 Å². The van der Waals surface area contributed by atoms with Crippen LogP contribution < -0.4 is 5.32 Å². The van der Waals surface area contributed by atoms with E-state index in [1.807, 2.05) is 17.8 Å². The van der Waals surface area contributed by atoms with Crippen molar-refractivity contribution in [3.8, 4) is 0 Å². The first-order valence-electron chi connectivity index (χ1n) is 6.44. The molecule has 96 valence electrons. The highest BCUT2D eigenvalue weighted by atomic mass is 15.3. The van der Waals surface area contributed by atoms with Crippen molar-refractivity contribution in [1.82, 2.24) is 15.1 Å². The molecule has 0 atom stereocenters. The van der Waals surface area contributed by atoms with Gasteiger partial charge in [0, 0.05) is 31.9 Å². The maximum atomic E-state index is 4.51. The molecule has 0 saturated carbocycles. The minimum atomic E-state index is 0.472. The molecule has 1 heterocycles. The summed E-state index contributed by atoms with van der Waals surface area (Å²) in [6.07, 6.45) is 2.10. The monoisotopic (exact) mass is 243 g/mol. The van der Waals surface area contributed by atoms with Gasteiger partial charge in [-0.15, -0.1) is 0 Å². The molecule has 0 aliphatic carbocycles. The molecule has 0 spiro atoms. The fourth-order valence-electron chi connectivity index (χ4n) is 2.11. The van der Waals surface area contributed by atoms with Gasteiger partial charge < -0.3 is 5.32 Å². The van der Waals surface area contributed by atoms with Crippen molar-refractivity contribution in [2.45, 2.75) is 32.9 Å². The molecule has 1 aromatic heterocycles. The standard InChI is InChI=1S/C15H21N3/c1-12(2)15-14(11-18(3)17-15)10-16-9-13-7-5-4-6-8-13/h4-8,11-12,16H,9-10H2,1-3H3. The second-order valence-corrected chi connectivity index (χ2v) is 4.96. The van der Waals surface area contributed by atoms with E-state index in [0.29, 0.717) is 5.92 Å². The fraction of sp³-hybridized carbons (Fsp3) is 0.400. The summed E-state index contributed by atoms with van der Waals surface area (Å²) < 4.78 is 1.90. The molecule has 2 aromatic rings. The number of hydrogen-bond acceptors (Lipinski definition) is 2. The van der Waals surface area contributed by atoms with Crippen LogP contribution in [-0.2, 0) is 20.1 Å². The Balaban J connectivity index is 1.94. The van der Waals surface area contributed by atoms with Crippen molar-refractivity contribution in [1.29, 1.82) is 0 Å². The van der Waals surface area contributed by atoms with Gasteiger partial charge in [-0.1, -0.05) is 44.2 Å². The molecule has 1 N–H and O–H groups in total. The molecule has 0 aliphatic rings. The van der Waals surface area contributed by atoms with E-state index in [1.165, 1.54) is 16.8 Å². The summed E-state index contributed by atoms with van der Waals surface area (Å²) >= 11 is 0. The number of nitrogens with one attached hydrogen (secondary N) is 1. The molecule has 18 heavy (non-hydrogen) atoms. The molecule has 0 radical (unpaired) electrons. The first-order chi connectivity index (χ1) is 8.66. The highest BCUT2D eigenvalue weighted by Crippen LogP contribution is 2.17. The molecular formula is C15H21N3. The minimum Gasteiger partial charge on any atom is -0.308 e. The van der Waals surface area contributed by atoms with Gasteiger partial charge in [-0.2, -0.15) is 5.10 Å². The van der Waals surface area contributed by atoms with Crippen LogP contribution in [-0.4, -0.2) is 9.78 Å². The topological polar surface area (TPSA) is 29.9 Å². The number of aryl methyl sites for hydroxylation is 1. The first kappa shape index (κ1) is 12.8. The average molecular weight is 243 g/mol. The summed E-state index contributed by atoms with van der Waals surface area (Å²) in [6, 6.07) is 10.5. The normalized spacial score (nSPS) is 11.1. The van der Waals surface area contributed by atoms with E-state index < -0.39 is 0 Å². The lowest BCUT2D eigenvalue weighted by molar-refractivity contribution is 0.678. The van der Waals surface area contributed by atoms with E-state index in [9.17, 15) is 0 Å². The molecule has 0 bridgehead atoms. The van der Waals surface area contributed by atoms with Crippen LogP contribution >= 0.6 is 0 Å². The number of hydrogen-bond donors (Lipinski definition) is 1. The Morgan fingerprint density at radius 2 is 1.89 bits per heavy atom. The summed E-state index contributed by atoms with van der Waals surface area (Å²) in [6.45, 7) is 6.13. The summed E-state index contributed by atoms with van der Waals surface area (Å²) in [4.78, 5) is 0. The molecule has 0 aliphatic heterocycles. The Morgan fingerprint density at radius 3 is 2.56 bits per heavy atom. The van der Waals surface area contributed by atoms with Crippen molar-refractivity contribution < 1.29 is 0 Å². The molecule has 0 unspecified atom stereocenters. The minimum absolute atomic E-state index is 0.472. The number of benzene rings is 1. The van der Waals surface area contributed by atoms with E-state index in [4.69, 9.17) is 0 Å². The average Bonchev–Trinajstić information content (AvgIpc) is 2.72. The quantitative estimate of drug-likeness (QED) is 0.875. The molecule has 2 rings (SSSR count). The van der Waals surface area contributed by atoms with Gasteiger partial charge in [0.05, 0.1) is 5.69 Å². The van der Waals surface area contributed by atoms with Gasteiger partial charge in [0.2, 0.25) is 0 Å². The largest absolute Gasteiger partial charge is 0.308 e. The maximum Gasteiger partial charge on any atom is 0.0694 e. The molecule has 1 aromatic carbocycles. The van der Waals surface area contributed by atoms with E-state index in [2.05, 4.69) is 54.7 Å². The molecule has 0 amide bonds. The summed E-state index contributed by atoms with van der Waals surface area (Å²) in [5.41, 5.74) is 3.80. The summed E-state index contributed by atoms with van der Waals surface area (Å²) in [7, 11) is 1.98. The Hall–Kier alpha value is -1.61. The van der Waals surface area contributed by atoms with Gasteiger partial charge in [0.15, 0.2) is 0 Å². The number of rotatable bonds is 5. The predicted molar refractivity (Wildman–Crippen MR) is 74.3 cm³/mol. The van der Waals surface area contributed by atoms with Crippen LogP contribution in [0.4, 0.5) is 0 Å². The lowest BCUT2D eigenvalue weighted by atomic mass is 10.1. The molecule has 3 nitrogen and oxygen atoms in total. The van der Waals surface area contributed by atoms with Gasteiger partial charge in [-0.3, -0.25) is 4.68 Å². The van der Waals surface area contributed by atoms with Crippen molar-refractivity contribution >= 4 is 0 Å². The maximum absolute atomic E-state index is 4.51. The summed E-state index contributed by atoms with van der Waals surface area (Å²) in [5.74, 6) is 0.472. The van der Waals surface area contributed by atoms with E-state index in [1.54, 1.807) is 0 Å². The van der Waals surface area contributed by atoms with Gasteiger partial charge >= 0.3 is 0 Å². The smallest absolute Gasteiger partial charge is 0.0694 e. The molecule has 0 saturated heterocycles. The van der Waals surface area contributed by atoms with E-state index in [0.717, 1.165) is 13.1 Å². The zero-order valence-corrected chi connectivity index (χ0v) is 11.4. The highest BCUT2D eigenvalue weighted by Gasteiger charge is 2.10. The number of nitrogens with zero attached hydrogens (tertiary/aromatic N) is 2.